The molecule has 4 nitrogen and oxygen atoms in total. The Morgan fingerprint density at radius 3 is 2.81 bits per heavy atom. The summed E-state index contributed by atoms with van der Waals surface area (Å²) in [5.41, 5.74) is 7.51. The van der Waals surface area contributed by atoms with Gasteiger partial charge in [-0.2, -0.15) is 0 Å². The second-order valence-corrected chi connectivity index (χ2v) is 4.42. The van der Waals surface area contributed by atoms with Crippen molar-refractivity contribution in [3.05, 3.63) is 18.2 Å². The lowest BCUT2D eigenvalue weighted by molar-refractivity contribution is 0.470. The van der Waals surface area contributed by atoms with Crippen molar-refractivity contribution in [2.45, 2.75) is 31.7 Å². The largest absolute Gasteiger partial charge is 0.506 e. The van der Waals surface area contributed by atoms with Crippen molar-refractivity contribution >= 4 is 17.0 Å². The number of para-hydroxylation sites is 1. The molecule has 0 saturated heterocycles. The van der Waals surface area contributed by atoms with Gasteiger partial charge in [0.25, 0.3) is 0 Å². The smallest absolute Gasteiger partial charge is 0.201 e. The number of benzene rings is 1. The number of imidazole rings is 1. The Hall–Kier alpha value is -1.71. The summed E-state index contributed by atoms with van der Waals surface area (Å²) in [6, 6.07) is 5.77. The fourth-order valence-electron chi connectivity index (χ4n) is 2.68. The lowest BCUT2D eigenvalue weighted by atomic mass is 10.2. The quantitative estimate of drug-likeness (QED) is 0.771. The number of nitrogen functional groups attached to an aromatic ring is 1. The van der Waals surface area contributed by atoms with Gasteiger partial charge in [0.05, 0.1) is 5.52 Å². The fraction of sp³-hybridized carbons (Fsp3) is 0.417. The number of fused-ring (bicyclic) bond motifs is 1. The maximum Gasteiger partial charge on any atom is 0.201 e. The normalized spacial score (nSPS) is 17.2. The van der Waals surface area contributed by atoms with E-state index in [9.17, 15) is 5.11 Å². The first kappa shape index (κ1) is 9.51. The summed E-state index contributed by atoms with van der Waals surface area (Å²) in [7, 11) is 0. The number of aromatic nitrogens is 2. The molecule has 0 amide bonds. The summed E-state index contributed by atoms with van der Waals surface area (Å²) in [4.78, 5) is 4.30. The topological polar surface area (TPSA) is 64.1 Å². The molecule has 1 fully saturated rings. The molecule has 1 heterocycles. The number of rotatable bonds is 1. The van der Waals surface area contributed by atoms with Gasteiger partial charge in [-0.25, -0.2) is 4.98 Å². The van der Waals surface area contributed by atoms with Gasteiger partial charge in [-0.3, -0.25) is 0 Å². The molecule has 0 spiro atoms. The summed E-state index contributed by atoms with van der Waals surface area (Å²) < 4.78 is 2.00. The molecule has 1 aromatic heterocycles. The third-order valence-corrected chi connectivity index (χ3v) is 3.41. The Labute approximate surface area is 93.7 Å². The minimum Gasteiger partial charge on any atom is -0.506 e. The van der Waals surface area contributed by atoms with Gasteiger partial charge in [-0.05, 0) is 25.0 Å². The van der Waals surface area contributed by atoms with E-state index >= 15 is 0 Å². The summed E-state index contributed by atoms with van der Waals surface area (Å²) in [5.74, 6) is 0.789. The number of phenolic OH excluding ortho intramolecular Hbond substituents is 1. The molecule has 1 saturated carbocycles. The van der Waals surface area contributed by atoms with E-state index in [1.165, 1.54) is 12.8 Å². The number of anilines is 1. The fourth-order valence-corrected chi connectivity index (χ4v) is 2.68. The Morgan fingerprint density at radius 2 is 2.06 bits per heavy atom. The zero-order chi connectivity index (χ0) is 11.1. The van der Waals surface area contributed by atoms with Crippen molar-refractivity contribution in [1.82, 2.24) is 9.55 Å². The molecule has 1 aliphatic carbocycles. The average Bonchev–Trinajstić information content (AvgIpc) is 2.84. The van der Waals surface area contributed by atoms with Gasteiger partial charge in [0, 0.05) is 6.04 Å². The second-order valence-electron chi connectivity index (χ2n) is 4.42. The van der Waals surface area contributed by atoms with E-state index in [2.05, 4.69) is 4.98 Å². The SMILES string of the molecule is Nc1nc2cccc(O)c2n1C1CCCC1. The van der Waals surface area contributed by atoms with Crippen LogP contribution in [0.15, 0.2) is 18.2 Å². The minimum absolute atomic E-state index is 0.272. The third-order valence-electron chi connectivity index (χ3n) is 3.41. The van der Waals surface area contributed by atoms with E-state index in [0.29, 0.717) is 12.0 Å². The van der Waals surface area contributed by atoms with E-state index in [1.807, 2.05) is 10.6 Å². The van der Waals surface area contributed by atoms with Crippen LogP contribution in [0.4, 0.5) is 5.95 Å². The van der Waals surface area contributed by atoms with E-state index < -0.39 is 0 Å². The lowest BCUT2D eigenvalue weighted by Gasteiger charge is -2.14. The molecule has 1 aromatic carbocycles. The number of hydrogen-bond acceptors (Lipinski definition) is 3. The molecule has 3 N–H and O–H groups in total. The first-order chi connectivity index (χ1) is 7.77. The molecule has 84 valence electrons. The van der Waals surface area contributed by atoms with Crippen molar-refractivity contribution in [2.24, 2.45) is 0 Å². The van der Waals surface area contributed by atoms with Crippen LogP contribution in [-0.4, -0.2) is 14.7 Å². The molecular formula is C12H15N3O. The first-order valence-electron chi connectivity index (χ1n) is 5.73. The minimum atomic E-state index is 0.272. The predicted octanol–water partition coefficient (Wildman–Crippen LogP) is 2.44. The standard InChI is InChI=1S/C12H15N3O/c13-12-14-9-6-3-7-10(16)11(9)15(12)8-4-1-2-5-8/h3,6-8,16H,1-2,4-5H2,(H2,13,14). The van der Waals surface area contributed by atoms with Crippen LogP contribution < -0.4 is 5.73 Å². The second kappa shape index (κ2) is 3.40. The van der Waals surface area contributed by atoms with Gasteiger partial charge in [0.1, 0.15) is 11.3 Å². The Bertz CT molecular complexity index is 526. The average molecular weight is 217 g/mol. The molecule has 2 aromatic rings. The highest BCUT2D eigenvalue weighted by Crippen LogP contribution is 2.37. The predicted molar refractivity (Wildman–Crippen MR) is 63.3 cm³/mol. The molecule has 0 atom stereocenters. The van der Waals surface area contributed by atoms with Crippen LogP contribution in [0.25, 0.3) is 11.0 Å². The highest BCUT2D eigenvalue weighted by atomic mass is 16.3. The van der Waals surface area contributed by atoms with E-state index in [-0.39, 0.29) is 5.75 Å². The van der Waals surface area contributed by atoms with Gasteiger partial charge >= 0.3 is 0 Å². The first-order valence-corrected chi connectivity index (χ1v) is 5.73. The zero-order valence-electron chi connectivity index (χ0n) is 9.06. The van der Waals surface area contributed by atoms with E-state index in [4.69, 9.17) is 5.73 Å². The molecule has 0 bridgehead atoms. The van der Waals surface area contributed by atoms with Crippen LogP contribution in [0, 0.1) is 0 Å². The van der Waals surface area contributed by atoms with E-state index in [0.717, 1.165) is 23.9 Å². The van der Waals surface area contributed by atoms with Gasteiger partial charge in [-0.15, -0.1) is 0 Å². The molecular weight excluding hydrogens is 202 g/mol. The van der Waals surface area contributed by atoms with Crippen molar-refractivity contribution in [2.75, 3.05) is 5.73 Å². The van der Waals surface area contributed by atoms with Crippen LogP contribution >= 0.6 is 0 Å². The van der Waals surface area contributed by atoms with Gasteiger partial charge in [0.2, 0.25) is 5.95 Å². The third kappa shape index (κ3) is 1.26. The monoisotopic (exact) mass is 217 g/mol. The number of nitrogens with two attached hydrogens (primary N) is 1. The van der Waals surface area contributed by atoms with Crippen LogP contribution in [-0.2, 0) is 0 Å². The van der Waals surface area contributed by atoms with Crippen LogP contribution in [0.5, 0.6) is 5.75 Å². The van der Waals surface area contributed by atoms with Gasteiger partial charge in [0.15, 0.2) is 0 Å². The molecule has 1 aliphatic rings. The summed E-state index contributed by atoms with van der Waals surface area (Å²) in [6.07, 6.45) is 4.72. The zero-order valence-corrected chi connectivity index (χ0v) is 9.06. The highest BCUT2D eigenvalue weighted by Gasteiger charge is 2.22. The molecule has 4 heteroatoms. The van der Waals surface area contributed by atoms with Crippen LogP contribution in [0.3, 0.4) is 0 Å². The maximum atomic E-state index is 9.91. The number of aromatic hydroxyl groups is 1. The Morgan fingerprint density at radius 1 is 1.31 bits per heavy atom. The molecule has 16 heavy (non-hydrogen) atoms. The maximum absolute atomic E-state index is 9.91. The van der Waals surface area contributed by atoms with Gasteiger partial charge in [-0.1, -0.05) is 18.9 Å². The van der Waals surface area contributed by atoms with E-state index in [1.54, 1.807) is 12.1 Å². The molecule has 0 radical (unpaired) electrons. The summed E-state index contributed by atoms with van der Waals surface area (Å²) in [6.45, 7) is 0. The Kier molecular flexibility index (Phi) is 2.02. The van der Waals surface area contributed by atoms with Crippen LogP contribution in [0.1, 0.15) is 31.7 Å². The molecule has 0 unspecified atom stereocenters. The Balaban J connectivity index is 2.25. The molecule has 0 aliphatic heterocycles. The number of hydrogen-bond donors (Lipinski definition) is 2. The van der Waals surface area contributed by atoms with Gasteiger partial charge < -0.3 is 15.4 Å². The molecule has 3 rings (SSSR count). The summed E-state index contributed by atoms with van der Waals surface area (Å²) >= 11 is 0. The highest BCUT2D eigenvalue weighted by molar-refractivity contribution is 5.84. The lowest BCUT2D eigenvalue weighted by Crippen LogP contribution is -2.08. The number of nitrogens with zero attached hydrogens (tertiary/aromatic N) is 2. The number of phenols is 1. The van der Waals surface area contributed by atoms with Crippen molar-refractivity contribution in [3.8, 4) is 5.75 Å². The van der Waals surface area contributed by atoms with Crippen molar-refractivity contribution in [1.29, 1.82) is 0 Å². The van der Waals surface area contributed by atoms with Crippen molar-refractivity contribution < 1.29 is 5.11 Å². The van der Waals surface area contributed by atoms with Crippen LogP contribution in [0.2, 0.25) is 0 Å². The van der Waals surface area contributed by atoms with Crippen molar-refractivity contribution in [3.63, 3.8) is 0 Å². The summed E-state index contributed by atoms with van der Waals surface area (Å²) in [5, 5.41) is 9.91.